The predicted molar refractivity (Wildman–Crippen MR) is 66.0 cm³/mol. The van der Waals surface area contributed by atoms with Crippen LogP contribution in [-0.4, -0.2) is 22.8 Å². The number of hydrogen-bond acceptors (Lipinski definition) is 4. The lowest BCUT2D eigenvalue weighted by Gasteiger charge is -2.26. The van der Waals surface area contributed by atoms with E-state index >= 15 is 0 Å². The molecule has 0 atom stereocenters. The van der Waals surface area contributed by atoms with E-state index in [1.165, 1.54) is 0 Å². The van der Waals surface area contributed by atoms with E-state index in [4.69, 9.17) is 9.63 Å². The van der Waals surface area contributed by atoms with Crippen LogP contribution >= 0.6 is 0 Å². The summed E-state index contributed by atoms with van der Waals surface area (Å²) in [5.41, 5.74) is 0.897. The minimum Gasteiger partial charge on any atom is -0.481 e. The number of carboxylic acid groups (broad SMARTS) is 1. The van der Waals surface area contributed by atoms with Gasteiger partial charge in [0.15, 0.2) is 5.76 Å². The first-order chi connectivity index (χ1) is 8.65. The molecule has 100 valence electrons. The van der Waals surface area contributed by atoms with Gasteiger partial charge in [-0.05, 0) is 45.1 Å². The summed E-state index contributed by atoms with van der Waals surface area (Å²) >= 11 is 0. The van der Waals surface area contributed by atoms with Crippen molar-refractivity contribution in [3.05, 3.63) is 17.5 Å². The number of rotatable bonds is 5. The maximum atomic E-state index is 10.8. The lowest BCUT2D eigenvalue weighted by Crippen LogP contribution is -2.28. The normalized spacial score (nSPS) is 24.1. The molecule has 2 rings (SSSR count). The second-order valence-corrected chi connectivity index (χ2v) is 5.12. The molecule has 5 heteroatoms. The minimum absolute atomic E-state index is 0.127. The molecule has 0 bridgehead atoms. The van der Waals surface area contributed by atoms with Crippen molar-refractivity contribution < 1.29 is 14.4 Å². The Balaban J connectivity index is 1.65. The topological polar surface area (TPSA) is 75.4 Å². The number of aryl methyl sites for hydroxylation is 1. The first-order valence-corrected chi connectivity index (χ1v) is 6.51. The molecular weight excluding hydrogens is 232 g/mol. The van der Waals surface area contributed by atoms with Crippen molar-refractivity contribution in [2.45, 2.75) is 39.2 Å². The van der Waals surface area contributed by atoms with E-state index < -0.39 is 5.97 Å². The van der Waals surface area contributed by atoms with Crippen LogP contribution < -0.4 is 5.32 Å². The molecule has 0 amide bonds. The van der Waals surface area contributed by atoms with Gasteiger partial charge < -0.3 is 14.9 Å². The van der Waals surface area contributed by atoms with E-state index in [-0.39, 0.29) is 5.92 Å². The molecule has 1 aliphatic rings. The molecule has 0 spiro atoms. The van der Waals surface area contributed by atoms with Gasteiger partial charge in [-0.25, -0.2) is 0 Å². The molecule has 1 saturated carbocycles. The molecule has 0 aliphatic heterocycles. The number of carbonyl (C=O) groups is 1. The summed E-state index contributed by atoms with van der Waals surface area (Å²) in [5, 5.41) is 16.1. The van der Waals surface area contributed by atoms with Crippen LogP contribution in [0.25, 0.3) is 0 Å². The van der Waals surface area contributed by atoms with Crippen molar-refractivity contribution in [2.75, 3.05) is 6.54 Å². The van der Waals surface area contributed by atoms with Crippen molar-refractivity contribution in [1.29, 1.82) is 0 Å². The average molecular weight is 252 g/mol. The Bertz CT molecular complexity index is 395. The van der Waals surface area contributed by atoms with Crippen molar-refractivity contribution >= 4 is 5.97 Å². The van der Waals surface area contributed by atoms with Gasteiger partial charge in [0.2, 0.25) is 0 Å². The van der Waals surface area contributed by atoms with Crippen LogP contribution in [0.5, 0.6) is 0 Å². The van der Waals surface area contributed by atoms with Gasteiger partial charge in [0.25, 0.3) is 0 Å². The smallest absolute Gasteiger partial charge is 0.306 e. The van der Waals surface area contributed by atoms with E-state index in [1.807, 2.05) is 13.0 Å². The third kappa shape index (κ3) is 3.57. The van der Waals surface area contributed by atoms with E-state index in [0.717, 1.165) is 43.7 Å². The highest BCUT2D eigenvalue weighted by Gasteiger charge is 2.25. The first kappa shape index (κ1) is 13.1. The highest BCUT2D eigenvalue weighted by molar-refractivity contribution is 5.69. The lowest BCUT2D eigenvalue weighted by molar-refractivity contribution is -0.143. The third-order valence-electron chi connectivity index (χ3n) is 3.61. The Kier molecular flexibility index (Phi) is 4.36. The van der Waals surface area contributed by atoms with Gasteiger partial charge in [-0.1, -0.05) is 5.16 Å². The van der Waals surface area contributed by atoms with Crippen LogP contribution in [0.1, 0.15) is 37.1 Å². The van der Waals surface area contributed by atoms with E-state index in [9.17, 15) is 4.79 Å². The summed E-state index contributed by atoms with van der Waals surface area (Å²) < 4.78 is 5.11. The number of carboxylic acids is 1. The molecule has 0 aromatic carbocycles. The Morgan fingerprint density at radius 1 is 1.50 bits per heavy atom. The molecule has 0 saturated heterocycles. The van der Waals surface area contributed by atoms with Crippen molar-refractivity contribution in [2.24, 2.45) is 11.8 Å². The number of nitrogens with zero attached hydrogens (tertiary/aromatic N) is 1. The molecule has 18 heavy (non-hydrogen) atoms. The Morgan fingerprint density at radius 3 is 2.78 bits per heavy atom. The maximum absolute atomic E-state index is 10.8. The second kappa shape index (κ2) is 6.00. The summed E-state index contributed by atoms with van der Waals surface area (Å²) in [7, 11) is 0. The zero-order chi connectivity index (χ0) is 13.0. The summed E-state index contributed by atoms with van der Waals surface area (Å²) in [6.45, 7) is 3.52. The molecule has 0 unspecified atom stereocenters. The number of hydrogen-bond donors (Lipinski definition) is 2. The number of aliphatic carboxylic acids is 1. The van der Waals surface area contributed by atoms with Crippen molar-refractivity contribution in [3.63, 3.8) is 0 Å². The highest BCUT2D eigenvalue weighted by atomic mass is 16.5. The monoisotopic (exact) mass is 252 g/mol. The molecule has 1 fully saturated rings. The zero-order valence-electron chi connectivity index (χ0n) is 10.7. The molecular formula is C13H20N2O3. The van der Waals surface area contributed by atoms with Gasteiger partial charge in [0.05, 0.1) is 18.2 Å². The summed E-state index contributed by atoms with van der Waals surface area (Å²) in [4.78, 5) is 10.8. The maximum Gasteiger partial charge on any atom is 0.306 e. The fraction of sp³-hybridized carbons (Fsp3) is 0.692. The van der Waals surface area contributed by atoms with Crippen LogP contribution in [0.3, 0.4) is 0 Å². The van der Waals surface area contributed by atoms with Crippen LogP contribution in [0.15, 0.2) is 10.6 Å². The quantitative estimate of drug-likeness (QED) is 0.838. The molecule has 0 radical (unpaired) electrons. The molecule has 5 nitrogen and oxygen atoms in total. The minimum atomic E-state index is -0.640. The first-order valence-electron chi connectivity index (χ1n) is 6.51. The SMILES string of the molecule is Cc1cc(CNCC2CCC(C(=O)O)CC2)on1. The van der Waals surface area contributed by atoms with Crippen molar-refractivity contribution in [1.82, 2.24) is 10.5 Å². The van der Waals surface area contributed by atoms with Gasteiger partial charge >= 0.3 is 5.97 Å². The molecule has 1 aromatic heterocycles. The van der Waals surface area contributed by atoms with Crippen LogP contribution in [0.4, 0.5) is 0 Å². The molecule has 1 heterocycles. The number of aromatic nitrogens is 1. The highest BCUT2D eigenvalue weighted by Crippen LogP contribution is 2.28. The Labute approximate surface area is 107 Å². The molecule has 2 N–H and O–H groups in total. The standard InChI is InChI=1S/C13H20N2O3/c1-9-6-12(18-15-9)8-14-7-10-2-4-11(5-3-10)13(16)17/h6,10-11,14H,2-5,7-8H2,1H3,(H,16,17). The fourth-order valence-corrected chi connectivity index (χ4v) is 2.51. The Hall–Kier alpha value is -1.36. The van der Waals surface area contributed by atoms with E-state index in [1.54, 1.807) is 0 Å². The van der Waals surface area contributed by atoms with E-state index in [0.29, 0.717) is 12.5 Å². The third-order valence-corrected chi connectivity index (χ3v) is 3.61. The van der Waals surface area contributed by atoms with Gasteiger partial charge in [-0.2, -0.15) is 0 Å². The zero-order valence-corrected chi connectivity index (χ0v) is 10.7. The fourth-order valence-electron chi connectivity index (χ4n) is 2.51. The second-order valence-electron chi connectivity index (χ2n) is 5.12. The van der Waals surface area contributed by atoms with E-state index in [2.05, 4.69) is 10.5 Å². The van der Waals surface area contributed by atoms with Crippen LogP contribution in [0.2, 0.25) is 0 Å². The largest absolute Gasteiger partial charge is 0.481 e. The van der Waals surface area contributed by atoms with Gasteiger partial charge in [0, 0.05) is 6.07 Å². The number of nitrogens with one attached hydrogen (secondary N) is 1. The van der Waals surface area contributed by atoms with Crippen molar-refractivity contribution in [3.8, 4) is 0 Å². The summed E-state index contributed by atoms with van der Waals surface area (Å²) in [5.74, 6) is 0.674. The average Bonchev–Trinajstić information content (AvgIpc) is 2.76. The molecule has 1 aromatic rings. The van der Waals surface area contributed by atoms with Crippen LogP contribution in [0, 0.1) is 18.8 Å². The predicted octanol–water partition coefficient (Wildman–Crippen LogP) is 1.96. The summed E-state index contributed by atoms with van der Waals surface area (Å²) in [6, 6.07) is 1.92. The Morgan fingerprint density at radius 2 is 2.22 bits per heavy atom. The van der Waals surface area contributed by atoms with Gasteiger partial charge in [-0.15, -0.1) is 0 Å². The lowest BCUT2D eigenvalue weighted by atomic mass is 9.82. The van der Waals surface area contributed by atoms with Gasteiger partial charge in [-0.3, -0.25) is 4.79 Å². The van der Waals surface area contributed by atoms with Gasteiger partial charge in [0.1, 0.15) is 0 Å². The molecule has 1 aliphatic carbocycles. The van der Waals surface area contributed by atoms with Crippen LogP contribution in [-0.2, 0) is 11.3 Å². The summed E-state index contributed by atoms with van der Waals surface area (Å²) in [6.07, 6.45) is 3.62.